The van der Waals surface area contributed by atoms with Crippen molar-refractivity contribution in [1.82, 2.24) is 15.5 Å². The van der Waals surface area contributed by atoms with Gasteiger partial charge in [0.2, 0.25) is 11.8 Å². The maximum absolute atomic E-state index is 11.8. The molecule has 0 spiro atoms. The van der Waals surface area contributed by atoms with Crippen molar-refractivity contribution < 1.29 is 9.59 Å². The van der Waals surface area contributed by atoms with E-state index in [0.29, 0.717) is 0 Å². The minimum atomic E-state index is 0.0329. The Kier molecular flexibility index (Phi) is 4.67. The number of thioether (sulfide) groups is 1. The Morgan fingerprint density at radius 1 is 1.35 bits per heavy atom. The average Bonchev–Trinajstić information content (AvgIpc) is 2.90. The Morgan fingerprint density at radius 3 is 2.76 bits per heavy atom. The topological polar surface area (TPSA) is 61.4 Å². The summed E-state index contributed by atoms with van der Waals surface area (Å²) < 4.78 is 0. The second-order valence-corrected chi connectivity index (χ2v) is 5.56. The maximum Gasteiger partial charge on any atom is 0.242 e. The van der Waals surface area contributed by atoms with E-state index in [0.717, 1.165) is 44.1 Å². The lowest BCUT2D eigenvalue weighted by atomic mass is 10.1. The third kappa shape index (κ3) is 3.61. The summed E-state index contributed by atoms with van der Waals surface area (Å²) >= 11 is 1.81. The van der Waals surface area contributed by atoms with Gasteiger partial charge in [-0.05, 0) is 12.2 Å². The van der Waals surface area contributed by atoms with Gasteiger partial charge in [0, 0.05) is 37.8 Å². The SMILES string of the molecule is O=C(NCC(=O)N1CCNCC1)C1CCSC1. The molecule has 17 heavy (non-hydrogen) atoms. The number of hydrogen-bond donors (Lipinski definition) is 2. The van der Waals surface area contributed by atoms with E-state index in [1.54, 1.807) is 4.90 Å². The van der Waals surface area contributed by atoms with Gasteiger partial charge in [-0.3, -0.25) is 9.59 Å². The van der Waals surface area contributed by atoms with Crippen molar-refractivity contribution in [3.63, 3.8) is 0 Å². The standard InChI is InChI=1S/C11H19N3O2S/c15-10(14-4-2-12-3-5-14)7-13-11(16)9-1-6-17-8-9/h9,12H,1-8H2,(H,13,16). The van der Waals surface area contributed by atoms with E-state index in [1.807, 2.05) is 11.8 Å². The molecule has 2 N–H and O–H groups in total. The second-order valence-electron chi connectivity index (χ2n) is 4.41. The van der Waals surface area contributed by atoms with Gasteiger partial charge >= 0.3 is 0 Å². The number of amides is 2. The molecule has 2 fully saturated rings. The predicted molar refractivity (Wildman–Crippen MR) is 67.9 cm³/mol. The summed E-state index contributed by atoms with van der Waals surface area (Å²) in [6.07, 6.45) is 0.943. The lowest BCUT2D eigenvalue weighted by Gasteiger charge is -2.27. The summed E-state index contributed by atoms with van der Waals surface area (Å²) in [4.78, 5) is 25.3. The molecule has 0 aliphatic carbocycles. The van der Waals surface area contributed by atoms with E-state index < -0.39 is 0 Å². The van der Waals surface area contributed by atoms with Gasteiger partial charge in [-0.25, -0.2) is 0 Å². The normalized spacial score (nSPS) is 24.7. The summed E-state index contributed by atoms with van der Waals surface area (Å²) in [5.74, 6) is 2.14. The zero-order valence-corrected chi connectivity index (χ0v) is 10.7. The molecule has 0 radical (unpaired) electrons. The summed E-state index contributed by atoms with van der Waals surface area (Å²) in [6.45, 7) is 3.33. The van der Waals surface area contributed by atoms with Crippen LogP contribution < -0.4 is 10.6 Å². The quantitative estimate of drug-likeness (QED) is 0.701. The third-order valence-electron chi connectivity index (χ3n) is 3.18. The largest absolute Gasteiger partial charge is 0.347 e. The van der Waals surface area contributed by atoms with Crippen molar-refractivity contribution in [3.8, 4) is 0 Å². The van der Waals surface area contributed by atoms with E-state index in [1.165, 1.54) is 0 Å². The van der Waals surface area contributed by atoms with Crippen molar-refractivity contribution in [3.05, 3.63) is 0 Å². The van der Waals surface area contributed by atoms with Crippen LogP contribution in [-0.4, -0.2) is 60.9 Å². The van der Waals surface area contributed by atoms with Gasteiger partial charge in [-0.1, -0.05) is 0 Å². The van der Waals surface area contributed by atoms with Crippen LogP contribution in [0.2, 0.25) is 0 Å². The lowest BCUT2D eigenvalue weighted by molar-refractivity contribution is -0.134. The highest BCUT2D eigenvalue weighted by Crippen LogP contribution is 2.23. The summed E-state index contributed by atoms with van der Waals surface area (Å²) in [5, 5.41) is 5.95. The molecule has 6 heteroatoms. The molecule has 0 saturated carbocycles. The molecule has 96 valence electrons. The highest BCUT2D eigenvalue weighted by atomic mass is 32.2. The van der Waals surface area contributed by atoms with Crippen LogP contribution in [0.5, 0.6) is 0 Å². The van der Waals surface area contributed by atoms with Crippen molar-refractivity contribution in [2.24, 2.45) is 5.92 Å². The van der Waals surface area contributed by atoms with Gasteiger partial charge in [0.1, 0.15) is 0 Å². The van der Waals surface area contributed by atoms with E-state index >= 15 is 0 Å². The summed E-state index contributed by atoms with van der Waals surface area (Å²) in [7, 11) is 0. The summed E-state index contributed by atoms with van der Waals surface area (Å²) in [6, 6.07) is 0. The van der Waals surface area contributed by atoms with Crippen molar-refractivity contribution in [2.45, 2.75) is 6.42 Å². The van der Waals surface area contributed by atoms with Crippen LogP contribution >= 0.6 is 11.8 Å². The Balaban J connectivity index is 1.69. The molecule has 5 nitrogen and oxygen atoms in total. The molecule has 2 aliphatic rings. The molecule has 0 aromatic rings. The Labute approximate surface area is 106 Å². The van der Waals surface area contributed by atoms with Crippen LogP contribution in [0.25, 0.3) is 0 Å². The van der Waals surface area contributed by atoms with E-state index in [-0.39, 0.29) is 24.3 Å². The van der Waals surface area contributed by atoms with E-state index in [4.69, 9.17) is 0 Å². The Morgan fingerprint density at radius 2 is 2.12 bits per heavy atom. The molecule has 0 aromatic heterocycles. The Hall–Kier alpha value is -0.750. The van der Waals surface area contributed by atoms with Gasteiger partial charge in [0.25, 0.3) is 0 Å². The first-order valence-electron chi connectivity index (χ1n) is 6.11. The van der Waals surface area contributed by atoms with Gasteiger partial charge in [0.15, 0.2) is 0 Å². The molecular weight excluding hydrogens is 238 g/mol. The first-order chi connectivity index (χ1) is 8.27. The van der Waals surface area contributed by atoms with Crippen molar-refractivity contribution in [2.75, 3.05) is 44.2 Å². The van der Waals surface area contributed by atoms with Crippen LogP contribution in [0.1, 0.15) is 6.42 Å². The second kappa shape index (κ2) is 6.26. The molecule has 2 amide bonds. The molecule has 2 saturated heterocycles. The molecule has 2 rings (SSSR count). The molecule has 1 atom stereocenters. The fraction of sp³-hybridized carbons (Fsp3) is 0.818. The summed E-state index contributed by atoms with van der Waals surface area (Å²) in [5.41, 5.74) is 0. The van der Waals surface area contributed by atoms with Gasteiger partial charge in [-0.2, -0.15) is 11.8 Å². The highest BCUT2D eigenvalue weighted by molar-refractivity contribution is 7.99. The minimum Gasteiger partial charge on any atom is -0.347 e. The van der Waals surface area contributed by atoms with Crippen molar-refractivity contribution in [1.29, 1.82) is 0 Å². The van der Waals surface area contributed by atoms with Crippen molar-refractivity contribution >= 4 is 23.6 Å². The first-order valence-corrected chi connectivity index (χ1v) is 7.27. The van der Waals surface area contributed by atoms with Crippen LogP contribution in [0.3, 0.4) is 0 Å². The molecular formula is C11H19N3O2S. The van der Waals surface area contributed by atoms with Crippen LogP contribution in [0.4, 0.5) is 0 Å². The highest BCUT2D eigenvalue weighted by Gasteiger charge is 2.24. The molecule has 1 unspecified atom stereocenters. The number of piperazine rings is 1. The monoisotopic (exact) mass is 257 g/mol. The zero-order valence-electron chi connectivity index (χ0n) is 9.91. The number of nitrogens with zero attached hydrogens (tertiary/aromatic N) is 1. The molecule has 2 heterocycles. The zero-order chi connectivity index (χ0) is 12.1. The first kappa shape index (κ1) is 12.7. The van der Waals surface area contributed by atoms with Crippen LogP contribution in [0.15, 0.2) is 0 Å². The fourth-order valence-electron chi connectivity index (χ4n) is 2.07. The number of nitrogens with one attached hydrogen (secondary N) is 2. The maximum atomic E-state index is 11.8. The van der Waals surface area contributed by atoms with Crippen LogP contribution in [-0.2, 0) is 9.59 Å². The molecule has 2 aliphatic heterocycles. The average molecular weight is 257 g/mol. The lowest BCUT2D eigenvalue weighted by Crippen LogP contribution is -2.50. The molecule has 0 bridgehead atoms. The Bertz CT molecular complexity index is 286. The van der Waals surface area contributed by atoms with Gasteiger partial charge < -0.3 is 15.5 Å². The van der Waals surface area contributed by atoms with Gasteiger partial charge in [0.05, 0.1) is 6.54 Å². The van der Waals surface area contributed by atoms with E-state index in [9.17, 15) is 9.59 Å². The van der Waals surface area contributed by atoms with Gasteiger partial charge in [-0.15, -0.1) is 0 Å². The third-order valence-corrected chi connectivity index (χ3v) is 4.35. The smallest absolute Gasteiger partial charge is 0.242 e. The fourth-order valence-corrected chi connectivity index (χ4v) is 3.29. The van der Waals surface area contributed by atoms with Crippen LogP contribution in [0, 0.1) is 5.92 Å². The number of carbonyl (C=O) groups is 2. The van der Waals surface area contributed by atoms with E-state index in [2.05, 4.69) is 10.6 Å². The predicted octanol–water partition coefficient (Wildman–Crippen LogP) is -0.712. The number of rotatable bonds is 3. The minimum absolute atomic E-state index is 0.0329. The number of carbonyl (C=O) groups excluding carboxylic acids is 2. The number of hydrogen-bond acceptors (Lipinski definition) is 4. The molecule has 0 aromatic carbocycles.